The largest absolute Gasteiger partial charge is 0.468 e. The second kappa shape index (κ2) is 7.44. The quantitative estimate of drug-likeness (QED) is 0.406. The number of fused-ring (bicyclic) bond motifs is 1. The molecule has 1 aromatic heterocycles. The number of anilines is 1. The number of aromatic nitrogens is 1. The molecule has 3 aromatic rings. The van der Waals surface area contributed by atoms with E-state index in [1.807, 2.05) is 24.3 Å². The van der Waals surface area contributed by atoms with Crippen LogP contribution in [0.25, 0.3) is 17.0 Å². The summed E-state index contributed by atoms with van der Waals surface area (Å²) in [5.41, 5.74) is 2.03. The van der Waals surface area contributed by atoms with Crippen molar-refractivity contribution < 1.29 is 19.1 Å². The average Bonchev–Trinajstić information content (AvgIpc) is 3.19. The average molecular weight is 410 g/mol. The highest BCUT2D eigenvalue weighted by Gasteiger charge is 2.35. The number of nitrogens with one attached hydrogen (secondary N) is 1. The summed E-state index contributed by atoms with van der Waals surface area (Å²) in [6.07, 6.45) is 3.34. The van der Waals surface area contributed by atoms with E-state index in [4.69, 9.17) is 16.3 Å². The predicted molar refractivity (Wildman–Crippen MR) is 109 cm³/mol. The zero-order valence-electron chi connectivity index (χ0n) is 15.4. The van der Waals surface area contributed by atoms with Gasteiger partial charge in [0.25, 0.3) is 5.91 Å². The van der Waals surface area contributed by atoms with Crippen LogP contribution in [0, 0.1) is 0 Å². The molecule has 0 bridgehead atoms. The van der Waals surface area contributed by atoms with Gasteiger partial charge in [-0.25, -0.2) is 9.69 Å². The highest BCUT2D eigenvalue weighted by molar-refractivity contribution is 6.32. The third-order valence-corrected chi connectivity index (χ3v) is 4.83. The van der Waals surface area contributed by atoms with E-state index < -0.39 is 11.9 Å². The Morgan fingerprint density at radius 1 is 1.17 bits per heavy atom. The third kappa shape index (κ3) is 3.48. The van der Waals surface area contributed by atoms with Crippen LogP contribution in [0.1, 0.15) is 5.56 Å². The summed E-state index contributed by atoms with van der Waals surface area (Å²) in [4.78, 5) is 38.0. The van der Waals surface area contributed by atoms with Crippen LogP contribution in [-0.2, 0) is 20.9 Å². The lowest BCUT2D eigenvalue weighted by molar-refractivity contribution is -0.141. The second-order valence-corrected chi connectivity index (χ2v) is 6.85. The molecule has 1 aliphatic rings. The molecular weight excluding hydrogens is 394 g/mol. The molecular formula is C21H16ClN3O4. The molecule has 0 aliphatic carbocycles. The van der Waals surface area contributed by atoms with Gasteiger partial charge in [-0.05, 0) is 30.3 Å². The van der Waals surface area contributed by atoms with Crippen molar-refractivity contribution in [1.82, 2.24) is 9.88 Å². The Morgan fingerprint density at radius 3 is 2.72 bits per heavy atom. The number of rotatable bonds is 4. The van der Waals surface area contributed by atoms with Crippen molar-refractivity contribution in [3.8, 4) is 0 Å². The van der Waals surface area contributed by atoms with Gasteiger partial charge in [-0.2, -0.15) is 0 Å². The van der Waals surface area contributed by atoms with Crippen LogP contribution in [0.2, 0.25) is 5.02 Å². The summed E-state index contributed by atoms with van der Waals surface area (Å²) in [5, 5.41) is 3.86. The second-order valence-electron chi connectivity index (χ2n) is 6.41. The van der Waals surface area contributed by atoms with Gasteiger partial charge >= 0.3 is 12.0 Å². The van der Waals surface area contributed by atoms with Gasteiger partial charge in [-0.15, -0.1) is 0 Å². The zero-order chi connectivity index (χ0) is 20.5. The van der Waals surface area contributed by atoms with E-state index >= 15 is 0 Å². The number of para-hydroxylation sites is 1. The minimum Gasteiger partial charge on any atom is -0.468 e. The lowest BCUT2D eigenvalue weighted by Gasteiger charge is -2.11. The molecule has 0 saturated carbocycles. The molecule has 2 aromatic carbocycles. The van der Waals surface area contributed by atoms with Crippen LogP contribution >= 0.6 is 11.6 Å². The van der Waals surface area contributed by atoms with Crippen molar-refractivity contribution >= 4 is 52.2 Å². The number of hydrogen-bond acceptors (Lipinski definition) is 4. The van der Waals surface area contributed by atoms with E-state index in [0.717, 1.165) is 15.8 Å². The number of esters is 1. The topological polar surface area (TPSA) is 80.6 Å². The zero-order valence-corrected chi connectivity index (χ0v) is 16.1. The first kappa shape index (κ1) is 18.8. The van der Waals surface area contributed by atoms with Gasteiger partial charge in [0.15, 0.2) is 0 Å². The van der Waals surface area contributed by atoms with E-state index in [-0.39, 0.29) is 18.2 Å². The summed E-state index contributed by atoms with van der Waals surface area (Å²) in [5.74, 6) is -0.871. The van der Waals surface area contributed by atoms with Crippen LogP contribution in [0.3, 0.4) is 0 Å². The SMILES string of the molecule is COC(=O)Cn1cc(/C=C2/NC(=O)N(c3cccc(Cl)c3)C2=O)c2ccccc21. The molecule has 1 N–H and O–H groups in total. The van der Waals surface area contributed by atoms with Crippen molar-refractivity contribution in [2.75, 3.05) is 12.0 Å². The van der Waals surface area contributed by atoms with Crippen molar-refractivity contribution in [3.05, 3.63) is 71.0 Å². The lowest BCUT2D eigenvalue weighted by Crippen LogP contribution is -2.30. The maximum atomic E-state index is 12.8. The monoisotopic (exact) mass is 409 g/mol. The predicted octanol–water partition coefficient (Wildman–Crippen LogP) is 3.57. The number of carbonyl (C=O) groups excluding carboxylic acids is 3. The molecule has 2 heterocycles. The van der Waals surface area contributed by atoms with E-state index in [9.17, 15) is 14.4 Å². The van der Waals surface area contributed by atoms with E-state index in [1.165, 1.54) is 7.11 Å². The highest BCUT2D eigenvalue weighted by Crippen LogP contribution is 2.27. The third-order valence-electron chi connectivity index (χ3n) is 4.59. The summed E-state index contributed by atoms with van der Waals surface area (Å²) in [6.45, 7) is 0.0368. The fourth-order valence-corrected chi connectivity index (χ4v) is 3.45. The number of imide groups is 1. The normalized spacial score (nSPS) is 15.2. The van der Waals surface area contributed by atoms with Gasteiger partial charge in [0.05, 0.1) is 12.8 Å². The Labute approximate surface area is 171 Å². The summed E-state index contributed by atoms with van der Waals surface area (Å²) in [7, 11) is 1.33. The number of ether oxygens (including phenoxy) is 1. The van der Waals surface area contributed by atoms with Gasteiger partial charge in [0, 0.05) is 27.7 Å². The van der Waals surface area contributed by atoms with Gasteiger partial charge < -0.3 is 14.6 Å². The molecule has 1 fully saturated rings. The standard InChI is InChI=1S/C21H16ClN3O4/c1-29-19(26)12-24-11-13(16-7-2-3-8-18(16)24)9-17-20(27)25(21(28)23-17)15-6-4-5-14(22)10-15/h2-11H,12H2,1H3,(H,23,28)/b17-9+. The van der Waals surface area contributed by atoms with Crippen molar-refractivity contribution in [1.29, 1.82) is 0 Å². The molecule has 1 saturated heterocycles. The Balaban J connectivity index is 1.73. The molecule has 0 spiro atoms. The van der Waals surface area contributed by atoms with Gasteiger partial charge in [-0.3, -0.25) is 9.59 Å². The molecule has 1 aliphatic heterocycles. The fraction of sp³-hybridized carbons (Fsp3) is 0.0952. The van der Waals surface area contributed by atoms with Crippen molar-refractivity contribution in [2.24, 2.45) is 0 Å². The molecule has 8 heteroatoms. The number of methoxy groups -OCH3 is 1. The first-order valence-corrected chi connectivity index (χ1v) is 9.13. The maximum Gasteiger partial charge on any atom is 0.333 e. The summed E-state index contributed by atoms with van der Waals surface area (Å²) < 4.78 is 6.49. The molecule has 7 nitrogen and oxygen atoms in total. The van der Waals surface area contributed by atoms with Crippen molar-refractivity contribution in [3.63, 3.8) is 0 Å². The first-order chi connectivity index (χ1) is 14.0. The Morgan fingerprint density at radius 2 is 1.97 bits per heavy atom. The van der Waals surface area contributed by atoms with Crippen LogP contribution in [0.15, 0.2) is 60.4 Å². The molecule has 29 heavy (non-hydrogen) atoms. The number of nitrogens with zero attached hydrogens (tertiary/aromatic N) is 2. The fourth-order valence-electron chi connectivity index (χ4n) is 3.26. The smallest absolute Gasteiger partial charge is 0.333 e. The minimum atomic E-state index is -0.554. The number of urea groups is 1. The van der Waals surface area contributed by atoms with Gasteiger partial charge in [0.1, 0.15) is 12.2 Å². The minimum absolute atomic E-state index is 0.0368. The van der Waals surface area contributed by atoms with Crippen LogP contribution in [0.4, 0.5) is 10.5 Å². The number of benzene rings is 2. The van der Waals surface area contributed by atoms with E-state index in [2.05, 4.69) is 5.32 Å². The number of hydrogen-bond donors (Lipinski definition) is 1. The van der Waals surface area contributed by atoms with Crippen LogP contribution in [-0.4, -0.2) is 29.6 Å². The highest BCUT2D eigenvalue weighted by atomic mass is 35.5. The summed E-state index contributed by atoms with van der Waals surface area (Å²) in [6, 6.07) is 13.4. The molecule has 0 radical (unpaired) electrons. The Kier molecular flexibility index (Phi) is 4.82. The van der Waals surface area contributed by atoms with Gasteiger partial charge in [0.2, 0.25) is 0 Å². The molecule has 0 atom stereocenters. The lowest BCUT2D eigenvalue weighted by atomic mass is 10.1. The molecule has 4 rings (SSSR count). The Hall–Kier alpha value is -3.58. The molecule has 0 unspecified atom stereocenters. The van der Waals surface area contributed by atoms with E-state index in [1.54, 1.807) is 41.1 Å². The van der Waals surface area contributed by atoms with Gasteiger partial charge in [-0.1, -0.05) is 35.9 Å². The molecule has 3 amide bonds. The maximum absolute atomic E-state index is 12.8. The first-order valence-electron chi connectivity index (χ1n) is 8.75. The number of carbonyl (C=O) groups is 3. The number of amides is 3. The van der Waals surface area contributed by atoms with Crippen LogP contribution < -0.4 is 10.2 Å². The summed E-state index contributed by atoms with van der Waals surface area (Å²) >= 11 is 5.98. The number of halogens is 1. The Bertz CT molecular complexity index is 1180. The van der Waals surface area contributed by atoms with Crippen LogP contribution in [0.5, 0.6) is 0 Å². The van der Waals surface area contributed by atoms with Crippen molar-refractivity contribution in [2.45, 2.75) is 6.54 Å². The van der Waals surface area contributed by atoms with E-state index in [0.29, 0.717) is 16.3 Å². The molecule has 146 valence electrons.